The molecule has 3 aromatic rings. The van der Waals surface area contributed by atoms with Gasteiger partial charge in [-0.3, -0.25) is 14.2 Å². The maximum absolute atomic E-state index is 13.2. The predicted molar refractivity (Wildman–Crippen MR) is 126 cm³/mol. The first kappa shape index (κ1) is 20.6. The summed E-state index contributed by atoms with van der Waals surface area (Å²) in [6.45, 7) is 3.54. The summed E-state index contributed by atoms with van der Waals surface area (Å²) in [5.74, 6) is 2.49. The number of benzene rings is 1. The van der Waals surface area contributed by atoms with Crippen molar-refractivity contribution in [3.8, 4) is 0 Å². The molecule has 33 heavy (non-hydrogen) atoms. The zero-order valence-electron chi connectivity index (χ0n) is 19.2. The smallest absolute Gasteiger partial charge is 0.264 e. The van der Waals surface area contributed by atoms with Crippen molar-refractivity contribution in [3.63, 3.8) is 0 Å². The molecule has 7 nitrogen and oxygen atoms in total. The number of hydrogen-bond acceptors (Lipinski definition) is 4. The molecule has 0 unspecified atom stereocenters. The summed E-state index contributed by atoms with van der Waals surface area (Å²) in [6, 6.07) is 8.13. The molecule has 4 bridgehead atoms. The minimum atomic E-state index is -0.136. The van der Waals surface area contributed by atoms with E-state index in [1.54, 1.807) is 21.8 Å². The van der Waals surface area contributed by atoms with E-state index in [1.807, 2.05) is 25.1 Å². The van der Waals surface area contributed by atoms with Gasteiger partial charge in [0.15, 0.2) is 5.65 Å². The lowest BCUT2D eigenvalue weighted by Crippen LogP contribution is -2.53. The summed E-state index contributed by atoms with van der Waals surface area (Å²) in [6.07, 6.45) is 10.4. The van der Waals surface area contributed by atoms with Crippen LogP contribution < -0.4 is 10.9 Å². The van der Waals surface area contributed by atoms with Crippen molar-refractivity contribution >= 4 is 16.9 Å². The number of aryl methyl sites for hydroxylation is 1. The van der Waals surface area contributed by atoms with E-state index in [2.05, 4.69) is 21.5 Å². The average Bonchev–Trinajstić information content (AvgIpc) is 3.18. The SMILES string of the molecule is Cc1cccc(Cn2cnc3c(cnn3CCNC(=O)C34CC5CC(CC(C5)C3)C4)c2=O)c1. The van der Waals surface area contributed by atoms with Crippen molar-refractivity contribution in [3.05, 3.63) is 58.3 Å². The molecule has 1 amide bonds. The van der Waals surface area contributed by atoms with E-state index in [9.17, 15) is 9.59 Å². The molecule has 1 aromatic carbocycles. The Balaban J connectivity index is 1.13. The number of nitrogens with one attached hydrogen (secondary N) is 1. The molecule has 4 aliphatic rings. The lowest BCUT2D eigenvalue weighted by atomic mass is 9.49. The number of carbonyl (C=O) groups excluding carboxylic acids is 1. The summed E-state index contributed by atoms with van der Waals surface area (Å²) >= 11 is 0. The molecule has 0 saturated heterocycles. The minimum Gasteiger partial charge on any atom is -0.354 e. The van der Waals surface area contributed by atoms with Gasteiger partial charge in [-0.2, -0.15) is 5.10 Å². The van der Waals surface area contributed by atoms with Crippen LogP contribution in [0.15, 0.2) is 41.6 Å². The van der Waals surface area contributed by atoms with Gasteiger partial charge in [-0.15, -0.1) is 0 Å². The van der Waals surface area contributed by atoms with Crippen LogP contribution in [0.5, 0.6) is 0 Å². The van der Waals surface area contributed by atoms with Crippen molar-refractivity contribution < 1.29 is 4.79 Å². The van der Waals surface area contributed by atoms with E-state index >= 15 is 0 Å². The topological polar surface area (TPSA) is 81.8 Å². The van der Waals surface area contributed by atoms with E-state index in [1.165, 1.54) is 19.3 Å². The highest BCUT2D eigenvalue weighted by Gasteiger charge is 2.54. The van der Waals surface area contributed by atoms with Gasteiger partial charge in [-0.25, -0.2) is 9.67 Å². The Morgan fingerprint density at radius 1 is 1.15 bits per heavy atom. The summed E-state index contributed by atoms with van der Waals surface area (Å²) in [5, 5.41) is 8.10. The van der Waals surface area contributed by atoms with E-state index in [0.29, 0.717) is 30.7 Å². The van der Waals surface area contributed by atoms with Crippen molar-refractivity contribution in [1.82, 2.24) is 24.6 Å². The molecule has 172 valence electrons. The van der Waals surface area contributed by atoms with E-state index in [4.69, 9.17) is 0 Å². The number of aromatic nitrogens is 4. The van der Waals surface area contributed by atoms with Crippen LogP contribution in [0.25, 0.3) is 11.0 Å². The number of nitrogens with zero attached hydrogens (tertiary/aromatic N) is 4. The summed E-state index contributed by atoms with van der Waals surface area (Å²) in [4.78, 5) is 30.7. The molecule has 7 rings (SSSR count). The van der Waals surface area contributed by atoms with E-state index in [0.717, 1.165) is 48.1 Å². The van der Waals surface area contributed by atoms with Crippen LogP contribution in [-0.4, -0.2) is 31.8 Å². The van der Waals surface area contributed by atoms with Crippen LogP contribution in [0.3, 0.4) is 0 Å². The van der Waals surface area contributed by atoms with Gasteiger partial charge in [-0.1, -0.05) is 29.8 Å². The molecule has 0 atom stereocenters. The number of fused-ring (bicyclic) bond motifs is 1. The highest BCUT2D eigenvalue weighted by atomic mass is 16.2. The van der Waals surface area contributed by atoms with Crippen molar-refractivity contribution in [2.75, 3.05) is 6.54 Å². The second kappa shape index (κ2) is 7.82. The van der Waals surface area contributed by atoms with Gasteiger partial charge in [0.1, 0.15) is 11.7 Å². The maximum atomic E-state index is 13.2. The van der Waals surface area contributed by atoms with Gasteiger partial charge in [0.05, 0.1) is 19.3 Å². The van der Waals surface area contributed by atoms with Crippen molar-refractivity contribution in [1.29, 1.82) is 0 Å². The summed E-state index contributed by atoms with van der Waals surface area (Å²) in [7, 11) is 0. The molecule has 0 radical (unpaired) electrons. The molecule has 4 aliphatic carbocycles. The first-order valence-corrected chi connectivity index (χ1v) is 12.2. The second-order valence-electron chi connectivity index (χ2n) is 10.7. The standard InChI is InChI=1S/C26H31N5O2/c1-17-3-2-4-18(7-17)15-30-16-28-23-22(24(30)32)14-29-31(23)6-5-27-25(33)26-11-19-8-20(12-26)10-21(9-19)13-26/h2-4,7,14,16,19-21H,5-6,8-13,15H2,1H3,(H,27,33). The zero-order valence-corrected chi connectivity index (χ0v) is 19.2. The molecule has 4 saturated carbocycles. The lowest BCUT2D eigenvalue weighted by molar-refractivity contribution is -0.146. The molecular formula is C26H31N5O2. The van der Waals surface area contributed by atoms with Crippen LogP contribution in [0.2, 0.25) is 0 Å². The van der Waals surface area contributed by atoms with E-state index < -0.39 is 0 Å². The second-order valence-corrected chi connectivity index (χ2v) is 10.7. The maximum Gasteiger partial charge on any atom is 0.264 e. The fraction of sp³-hybridized carbons (Fsp3) is 0.538. The highest BCUT2D eigenvalue weighted by molar-refractivity contribution is 5.83. The normalized spacial score (nSPS) is 27.8. The van der Waals surface area contributed by atoms with Gasteiger partial charge < -0.3 is 5.32 Å². The Kier molecular flexibility index (Phi) is 4.89. The Labute approximate surface area is 193 Å². The molecule has 0 aliphatic heterocycles. The fourth-order valence-corrected chi connectivity index (χ4v) is 7.13. The van der Waals surface area contributed by atoms with Gasteiger partial charge in [0.25, 0.3) is 5.56 Å². The Bertz CT molecular complexity index is 1240. The predicted octanol–water partition coefficient (Wildman–Crippen LogP) is 3.28. The summed E-state index contributed by atoms with van der Waals surface area (Å²) < 4.78 is 3.35. The average molecular weight is 446 g/mol. The van der Waals surface area contributed by atoms with Crippen molar-refractivity contribution in [2.45, 2.75) is 58.5 Å². The zero-order chi connectivity index (χ0) is 22.6. The first-order valence-electron chi connectivity index (χ1n) is 12.2. The van der Waals surface area contributed by atoms with Gasteiger partial charge in [0, 0.05) is 12.0 Å². The summed E-state index contributed by atoms with van der Waals surface area (Å²) in [5.41, 5.74) is 2.58. The van der Waals surface area contributed by atoms with Gasteiger partial charge in [0.2, 0.25) is 5.91 Å². The Hall–Kier alpha value is -2.96. The van der Waals surface area contributed by atoms with Crippen LogP contribution in [0, 0.1) is 30.1 Å². The molecule has 7 heteroatoms. The third kappa shape index (κ3) is 3.67. The van der Waals surface area contributed by atoms with Crippen LogP contribution in [0.4, 0.5) is 0 Å². The van der Waals surface area contributed by atoms with Crippen LogP contribution in [0.1, 0.15) is 49.7 Å². The largest absolute Gasteiger partial charge is 0.354 e. The third-order valence-electron chi connectivity index (χ3n) is 8.19. The van der Waals surface area contributed by atoms with Gasteiger partial charge in [-0.05, 0) is 68.8 Å². The highest BCUT2D eigenvalue weighted by Crippen LogP contribution is 2.60. The molecular weight excluding hydrogens is 414 g/mol. The van der Waals surface area contributed by atoms with E-state index in [-0.39, 0.29) is 16.9 Å². The van der Waals surface area contributed by atoms with Gasteiger partial charge >= 0.3 is 0 Å². The lowest BCUT2D eigenvalue weighted by Gasteiger charge is -2.55. The number of amides is 1. The Morgan fingerprint density at radius 3 is 2.58 bits per heavy atom. The van der Waals surface area contributed by atoms with Crippen LogP contribution >= 0.6 is 0 Å². The van der Waals surface area contributed by atoms with Crippen molar-refractivity contribution in [2.24, 2.45) is 23.2 Å². The monoisotopic (exact) mass is 445 g/mol. The number of rotatable bonds is 6. The Morgan fingerprint density at radius 2 is 1.88 bits per heavy atom. The number of carbonyl (C=O) groups is 1. The molecule has 0 spiro atoms. The minimum absolute atomic E-state index is 0.0923. The molecule has 4 fully saturated rings. The van der Waals surface area contributed by atoms with Crippen LogP contribution in [-0.2, 0) is 17.9 Å². The molecule has 1 N–H and O–H groups in total. The molecule has 2 aromatic heterocycles. The molecule has 2 heterocycles. The third-order valence-corrected chi connectivity index (χ3v) is 8.19. The first-order chi connectivity index (χ1) is 16.0. The fourth-order valence-electron chi connectivity index (χ4n) is 7.13. The number of hydrogen-bond donors (Lipinski definition) is 1. The quantitative estimate of drug-likeness (QED) is 0.631.